The van der Waals surface area contributed by atoms with Gasteiger partial charge < -0.3 is 10.4 Å². The molecule has 0 aliphatic heterocycles. The molecule has 0 aliphatic carbocycles. The highest BCUT2D eigenvalue weighted by molar-refractivity contribution is 5.28. The maximum absolute atomic E-state index is 13.0. The van der Waals surface area contributed by atoms with E-state index >= 15 is 0 Å². The molecule has 106 valence electrons. The van der Waals surface area contributed by atoms with Crippen LogP contribution in [0.1, 0.15) is 35.8 Å². The smallest absolute Gasteiger partial charge is 0.123 e. The Hall–Kier alpha value is -1.71. The Morgan fingerprint density at radius 2 is 1.85 bits per heavy atom. The topological polar surface area (TPSA) is 32.3 Å². The fraction of sp³-hybridized carbons (Fsp3) is 0.294. The van der Waals surface area contributed by atoms with Crippen molar-refractivity contribution in [3.05, 3.63) is 71.0 Å². The summed E-state index contributed by atoms with van der Waals surface area (Å²) >= 11 is 0. The Kier molecular flexibility index (Phi) is 4.88. The number of rotatable bonds is 5. The van der Waals surface area contributed by atoms with Crippen LogP contribution in [0, 0.1) is 12.7 Å². The van der Waals surface area contributed by atoms with Gasteiger partial charge in [-0.15, -0.1) is 0 Å². The van der Waals surface area contributed by atoms with Crippen LogP contribution >= 0.6 is 0 Å². The lowest BCUT2D eigenvalue weighted by Crippen LogP contribution is -2.25. The average molecular weight is 273 g/mol. The number of nitrogens with one attached hydrogen (secondary N) is 1. The van der Waals surface area contributed by atoms with E-state index in [-0.39, 0.29) is 11.9 Å². The van der Waals surface area contributed by atoms with Crippen LogP contribution in [0.15, 0.2) is 48.5 Å². The summed E-state index contributed by atoms with van der Waals surface area (Å²) in [6.07, 6.45) is -0.637. The third-order valence-electron chi connectivity index (χ3n) is 3.51. The van der Waals surface area contributed by atoms with E-state index in [1.165, 1.54) is 17.7 Å². The quantitative estimate of drug-likeness (QED) is 0.873. The number of hydrogen-bond donors (Lipinski definition) is 2. The van der Waals surface area contributed by atoms with Crippen LogP contribution in [0.25, 0.3) is 0 Å². The van der Waals surface area contributed by atoms with Gasteiger partial charge in [-0.05, 0) is 42.7 Å². The van der Waals surface area contributed by atoms with Gasteiger partial charge in [-0.2, -0.15) is 0 Å². The zero-order valence-corrected chi connectivity index (χ0v) is 11.8. The fourth-order valence-electron chi connectivity index (χ4n) is 2.27. The van der Waals surface area contributed by atoms with Crippen LogP contribution in [0.4, 0.5) is 4.39 Å². The first-order chi connectivity index (χ1) is 9.58. The monoisotopic (exact) mass is 273 g/mol. The van der Waals surface area contributed by atoms with E-state index in [9.17, 15) is 9.50 Å². The van der Waals surface area contributed by atoms with Crippen molar-refractivity contribution in [1.29, 1.82) is 0 Å². The number of benzene rings is 2. The molecule has 2 unspecified atom stereocenters. The second-order valence-electron chi connectivity index (χ2n) is 5.06. The van der Waals surface area contributed by atoms with Gasteiger partial charge in [0.25, 0.3) is 0 Å². The Morgan fingerprint density at radius 1 is 1.15 bits per heavy atom. The molecule has 2 aromatic rings. The molecule has 20 heavy (non-hydrogen) atoms. The van der Waals surface area contributed by atoms with E-state index in [2.05, 4.69) is 12.2 Å². The molecule has 0 saturated carbocycles. The van der Waals surface area contributed by atoms with Gasteiger partial charge in [-0.1, -0.05) is 36.4 Å². The third-order valence-corrected chi connectivity index (χ3v) is 3.51. The Bertz CT molecular complexity index is 556. The molecule has 3 heteroatoms. The summed E-state index contributed by atoms with van der Waals surface area (Å²) in [5, 5.41) is 13.5. The normalized spacial score (nSPS) is 14.0. The molecule has 0 fully saturated rings. The van der Waals surface area contributed by atoms with Gasteiger partial charge in [0.1, 0.15) is 5.82 Å². The molecule has 2 N–H and O–H groups in total. The molecule has 2 aromatic carbocycles. The lowest BCUT2D eigenvalue weighted by Gasteiger charge is -2.19. The number of hydrogen-bond acceptors (Lipinski definition) is 2. The van der Waals surface area contributed by atoms with E-state index in [4.69, 9.17) is 0 Å². The predicted octanol–water partition coefficient (Wildman–Crippen LogP) is 3.52. The molecule has 0 radical (unpaired) electrons. The standard InChI is InChI=1S/C17H20FNO/c1-12-10-15(18)8-9-16(12)17(20)11-19-13(2)14-6-4-3-5-7-14/h3-10,13,17,19-20H,11H2,1-2H3. The summed E-state index contributed by atoms with van der Waals surface area (Å²) in [6, 6.07) is 14.7. The van der Waals surface area contributed by atoms with Crippen LogP contribution < -0.4 is 5.32 Å². The SMILES string of the molecule is Cc1cc(F)ccc1C(O)CNC(C)c1ccccc1. The van der Waals surface area contributed by atoms with Crippen molar-refractivity contribution in [2.24, 2.45) is 0 Å². The molecule has 0 bridgehead atoms. The van der Waals surface area contributed by atoms with Crippen molar-refractivity contribution in [1.82, 2.24) is 5.32 Å². The third kappa shape index (κ3) is 3.65. The summed E-state index contributed by atoms with van der Waals surface area (Å²) in [4.78, 5) is 0. The van der Waals surface area contributed by atoms with Gasteiger partial charge >= 0.3 is 0 Å². The van der Waals surface area contributed by atoms with Crippen molar-refractivity contribution < 1.29 is 9.50 Å². The molecule has 0 heterocycles. The lowest BCUT2D eigenvalue weighted by atomic mass is 10.0. The summed E-state index contributed by atoms with van der Waals surface area (Å²) in [5.74, 6) is -0.274. The number of aryl methyl sites for hydroxylation is 1. The van der Waals surface area contributed by atoms with Crippen LogP contribution in [-0.2, 0) is 0 Å². The molecule has 0 amide bonds. The summed E-state index contributed by atoms with van der Waals surface area (Å²) in [5.41, 5.74) is 2.71. The molecule has 2 atom stereocenters. The highest BCUT2D eigenvalue weighted by Crippen LogP contribution is 2.19. The molecule has 2 nitrogen and oxygen atoms in total. The Labute approximate surface area is 119 Å². The molecule has 0 spiro atoms. The number of halogens is 1. The molecular formula is C17H20FNO. The van der Waals surface area contributed by atoms with Crippen molar-refractivity contribution in [3.63, 3.8) is 0 Å². The van der Waals surface area contributed by atoms with Gasteiger partial charge in [0.15, 0.2) is 0 Å². The first-order valence-electron chi connectivity index (χ1n) is 6.80. The summed E-state index contributed by atoms with van der Waals surface area (Å²) in [7, 11) is 0. The summed E-state index contributed by atoms with van der Waals surface area (Å²) < 4.78 is 13.0. The van der Waals surface area contributed by atoms with E-state index in [1.54, 1.807) is 6.07 Å². The van der Waals surface area contributed by atoms with Crippen LogP contribution in [-0.4, -0.2) is 11.7 Å². The van der Waals surface area contributed by atoms with E-state index in [0.29, 0.717) is 6.54 Å². The van der Waals surface area contributed by atoms with Crippen molar-refractivity contribution in [2.75, 3.05) is 6.54 Å². The minimum Gasteiger partial charge on any atom is -0.387 e. The molecule has 0 saturated heterocycles. The van der Waals surface area contributed by atoms with Crippen molar-refractivity contribution in [2.45, 2.75) is 26.0 Å². The van der Waals surface area contributed by atoms with Crippen molar-refractivity contribution in [3.8, 4) is 0 Å². The second-order valence-corrected chi connectivity index (χ2v) is 5.06. The maximum atomic E-state index is 13.0. The first-order valence-corrected chi connectivity index (χ1v) is 6.80. The van der Waals surface area contributed by atoms with Crippen LogP contribution in [0.5, 0.6) is 0 Å². The first kappa shape index (κ1) is 14.7. The molecule has 0 aliphatic rings. The van der Waals surface area contributed by atoms with E-state index in [0.717, 1.165) is 11.1 Å². The Balaban J connectivity index is 1.96. The van der Waals surface area contributed by atoms with Gasteiger partial charge in [-0.3, -0.25) is 0 Å². The van der Waals surface area contributed by atoms with E-state index < -0.39 is 6.10 Å². The van der Waals surface area contributed by atoms with Gasteiger partial charge in [-0.25, -0.2) is 4.39 Å². The molecule has 2 rings (SSSR count). The van der Waals surface area contributed by atoms with Gasteiger partial charge in [0.05, 0.1) is 6.10 Å². The van der Waals surface area contributed by atoms with Gasteiger partial charge in [0, 0.05) is 12.6 Å². The minimum absolute atomic E-state index is 0.159. The fourth-order valence-corrected chi connectivity index (χ4v) is 2.27. The average Bonchev–Trinajstić information content (AvgIpc) is 2.45. The van der Waals surface area contributed by atoms with Gasteiger partial charge in [0.2, 0.25) is 0 Å². The zero-order valence-electron chi connectivity index (χ0n) is 11.8. The predicted molar refractivity (Wildman–Crippen MR) is 79.0 cm³/mol. The highest BCUT2D eigenvalue weighted by atomic mass is 19.1. The number of aliphatic hydroxyl groups is 1. The zero-order chi connectivity index (χ0) is 14.5. The highest BCUT2D eigenvalue weighted by Gasteiger charge is 2.12. The molecule has 0 aromatic heterocycles. The van der Waals surface area contributed by atoms with Crippen molar-refractivity contribution >= 4 is 0 Å². The van der Waals surface area contributed by atoms with Crippen LogP contribution in [0.2, 0.25) is 0 Å². The maximum Gasteiger partial charge on any atom is 0.123 e. The minimum atomic E-state index is -0.637. The molecular weight excluding hydrogens is 253 g/mol. The summed E-state index contributed by atoms with van der Waals surface area (Å²) in [6.45, 7) is 4.30. The van der Waals surface area contributed by atoms with Crippen LogP contribution in [0.3, 0.4) is 0 Å². The Morgan fingerprint density at radius 3 is 2.50 bits per heavy atom. The number of aliphatic hydroxyl groups excluding tert-OH is 1. The largest absolute Gasteiger partial charge is 0.387 e. The second kappa shape index (κ2) is 6.64. The van der Waals surface area contributed by atoms with E-state index in [1.807, 2.05) is 37.3 Å². The lowest BCUT2D eigenvalue weighted by molar-refractivity contribution is 0.170.